The number of ether oxygens (including phenoxy) is 1. The van der Waals surface area contributed by atoms with E-state index in [1.807, 2.05) is 13.8 Å². The number of rotatable bonds is 4. The third-order valence-corrected chi connectivity index (χ3v) is 5.86. The van der Waals surface area contributed by atoms with Gasteiger partial charge in [0.05, 0.1) is 23.5 Å². The Morgan fingerprint density at radius 1 is 1.27 bits per heavy atom. The summed E-state index contributed by atoms with van der Waals surface area (Å²) >= 11 is 5.90. The molecule has 30 heavy (non-hydrogen) atoms. The maximum absolute atomic E-state index is 13.8. The molecular weight excluding hydrogens is 404 g/mol. The molecule has 154 valence electrons. The Balaban J connectivity index is 1.50. The smallest absolute Gasteiger partial charge is 0.275 e. The SMILES string of the molecule is [2H]C1([2H])C2CC(C1Oc1ccc(Cl)cn1)N(C(=O)c1nc(C)ccc1-n1nccn1)C2C. The molecule has 3 aromatic rings. The molecule has 0 N–H and O–H groups in total. The zero-order chi connectivity index (χ0) is 22.6. The molecule has 9 heteroatoms. The van der Waals surface area contributed by atoms with Crippen LogP contribution in [0.3, 0.4) is 0 Å². The number of carbonyl (C=O) groups is 1. The zero-order valence-electron chi connectivity index (χ0n) is 18.4. The summed E-state index contributed by atoms with van der Waals surface area (Å²) in [5.74, 6) is -0.398. The lowest BCUT2D eigenvalue weighted by Crippen LogP contribution is -2.51. The van der Waals surface area contributed by atoms with Crippen LogP contribution in [0.25, 0.3) is 5.69 Å². The molecule has 4 unspecified atom stereocenters. The lowest BCUT2D eigenvalue weighted by Gasteiger charge is -2.37. The van der Waals surface area contributed by atoms with Crippen LogP contribution in [-0.4, -0.2) is 54.0 Å². The molecule has 4 heterocycles. The van der Waals surface area contributed by atoms with Crippen molar-refractivity contribution < 1.29 is 12.3 Å². The number of hydrogen-bond acceptors (Lipinski definition) is 6. The van der Waals surface area contributed by atoms with E-state index >= 15 is 0 Å². The summed E-state index contributed by atoms with van der Waals surface area (Å²) in [4.78, 5) is 25.4. The summed E-state index contributed by atoms with van der Waals surface area (Å²) in [6.07, 6.45) is 2.54. The first-order valence-corrected chi connectivity index (χ1v) is 10.1. The third-order valence-electron chi connectivity index (χ3n) is 5.63. The van der Waals surface area contributed by atoms with E-state index in [0.29, 0.717) is 22.8 Å². The molecule has 2 bridgehead atoms. The van der Waals surface area contributed by atoms with Gasteiger partial charge in [-0.25, -0.2) is 9.97 Å². The zero-order valence-corrected chi connectivity index (χ0v) is 17.2. The van der Waals surface area contributed by atoms with Crippen molar-refractivity contribution in [2.45, 2.75) is 44.8 Å². The van der Waals surface area contributed by atoms with Crippen LogP contribution in [0.15, 0.2) is 42.9 Å². The van der Waals surface area contributed by atoms with Crippen molar-refractivity contribution in [3.8, 4) is 11.6 Å². The highest BCUT2D eigenvalue weighted by Gasteiger charge is 2.53. The van der Waals surface area contributed by atoms with E-state index in [2.05, 4.69) is 20.2 Å². The fourth-order valence-corrected chi connectivity index (χ4v) is 4.32. The lowest BCUT2D eigenvalue weighted by molar-refractivity contribution is 0.0309. The van der Waals surface area contributed by atoms with Gasteiger partial charge < -0.3 is 9.64 Å². The monoisotopic (exact) mass is 426 g/mol. The number of pyridine rings is 2. The fourth-order valence-electron chi connectivity index (χ4n) is 4.21. The maximum Gasteiger partial charge on any atom is 0.275 e. The standard InChI is InChI=1S/C21H21ClN6O2/c1-12-3-5-16(28-24-7-8-25-28)20(26-12)21(29)27-13(2)14-9-17(27)18(10-14)30-19-6-4-15(22)11-23-19/h3-8,11,13-14,17-18H,9-10H2,1-2H3/i10D2. The molecule has 1 amide bonds. The van der Waals surface area contributed by atoms with E-state index in [9.17, 15) is 4.79 Å². The maximum atomic E-state index is 13.8. The third kappa shape index (κ3) is 3.21. The van der Waals surface area contributed by atoms with Crippen LogP contribution in [-0.2, 0) is 0 Å². The van der Waals surface area contributed by atoms with Gasteiger partial charge in [-0.3, -0.25) is 4.79 Å². The molecule has 0 radical (unpaired) electrons. The average molecular weight is 427 g/mol. The Hall–Kier alpha value is -3.00. The summed E-state index contributed by atoms with van der Waals surface area (Å²) < 4.78 is 23.4. The van der Waals surface area contributed by atoms with Crippen LogP contribution in [0.1, 0.15) is 38.6 Å². The molecule has 8 nitrogen and oxygen atoms in total. The number of halogens is 1. The molecule has 1 aliphatic heterocycles. The molecule has 2 aliphatic rings. The van der Waals surface area contributed by atoms with E-state index in [0.717, 1.165) is 0 Å². The molecule has 1 saturated carbocycles. The minimum atomic E-state index is -1.62. The van der Waals surface area contributed by atoms with Gasteiger partial charge >= 0.3 is 0 Å². The number of fused-ring (bicyclic) bond motifs is 2. The molecule has 4 atom stereocenters. The highest BCUT2D eigenvalue weighted by atomic mass is 35.5. The van der Waals surface area contributed by atoms with E-state index < -0.39 is 18.5 Å². The molecule has 2 fully saturated rings. The number of likely N-dealkylation sites (tertiary alicyclic amines) is 1. The molecule has 0 spiro atoms. The van der Waals surface area contributed by atoms with Gasteiger partial charge in [0.2, 0.25) is 5.88 Å². The second kappa shape index (κ2) is 7.36. The molecule has 3 aromatic heterocycles. The normalized spacial score (nSPS) is 27.6. The topological polar surface area (TPSA) is 86.0 Å². The van der Waals surface area contributed by atoms with Gasteiger partial charge in [-0.15, -0.1) is 4.80 Å². The minimum Gasteiger partial charge on any atom is -0.472 e. The largest absolute Gasteiger partial charge is 0.472 e. The Morgan fingerprint density at radius 3 is 2.77 bits per heavy atom. The lowest BCUT2D eigenvalue weighted by atomic mass is 9.98. The first-order chi connectivity index (χ1) is 15.3. The van der Waals surface area contributed by atoms with Crippen molar-refractivity contribution in [3.63, 3.8) is 0 Å². The minimum absolute atomic E-state index is 0.226. The van der Waals surface area contributed by atoms with Gasteiger partial charge in [-0.1, -0.05) is 11.6 Å². The predicted molar refractivity (Wildman–Crippen MR) is 110 cm³/mol. The van der Waals surface area contributed by atoms with Gasteiger partial charge in [-0.2, -0.15) is 10.2 Å². The Kier molecular flexibility index (Phi) is 4.11. The number of carbonyl (C=O) groups excluding carboxylic acids is 1. The van der Waals surface area contributed by atoms with Crippen molar-refractivity contribution in [1.82, 2.24) is 29.9 Å². The van der Waals surface area contributed by atoms with E-state index in [-0.39, 0.29) is 29.4 Å². The van der Waals surface area contributed by atoms with E-state index in [1.54, 1.807) is 29.2 Å². The van der Waals surface area contributed by atoms with Crippen LogP contribution in [0.4, 0.5) is 0 Å². The van der Waals surface area contributed by atoms with Gasteiger partial charge in [-0.05, 0) is 50.8 Å². The van der Waals surface area contributed by atoms with Crippen molar-refractivity contribution in [3.05, 3.63) is 59.3 Å². The Bertz CT molecular complexity index is 1160. The summed E-state index contributed by atoms with van der Waals surface area (Å²) in [5.41, 5.74) is 1.39. The number of hydrogen-bond donors (Lipinski definition) is 0. The van der Waals surface area contributed by atoms with E-state index in [1.165, 1.54) is 23.4 Å². The fraction of sp³-hybridized carbons (Fsp3) is 0.381. The number of aryl methyl sites for hydroxylation is 1. The number of amides is 1. The first-order valence-electron chi connectivity index (χ1n) is 10.7. The number of nitrogens with zero attached hydrogens (tertiary/aromatic N) is 6. The summed E-state index contributed by atoms with van der Waals surface area (Å²) in [7, 11) is 0. The van der Waals surface area contributed by atoms with Crippen molar-refractivity contribution in [2.75, 3.05) is 0 Å². The summed E-state index contributed by atoms with van der Waals surface area (Å²) in [6, 6.07) is 6.02. The molecule has 1 aliphatic carbocycles. The Morgan fingerprint density at radius 2 is 2.07 bits per heavy atom. The van der Waals surface area contributed by atoms with Gasteiger partial charge in [0, 0.05) is 26.7 Å². The van der Waals surface area contributed by atoms with Crippen molar-refractivity contribution in [1.29, 1.82) is 0 Å². The van der Waals surface area contributed by atoms with Crippen LogP contribution in [0.5, 0.6) is 5.88 Å². The molecule has 5 rings (SSSR count). The predicted octanol–water partition coefficient (Wildman–Crippen LogP) is 3.09. The van der Waals surface area contributed by atoms with Crippen molar-refractivity contribution in [2.24, 2.45) is 5.92 Å². The average Bonchev–Trinajstić information content (AvgIpc) is 3.46. The first kappa shape index (κ1) is 16.8. The molecular formula is C21H21ClN6O2. The van der Waals surface area contributed by atoms with Crippen LogP contribution >= 0.6 is 11.6 Å². The summed E-state index contributed by atoms with van der Waals surface area (Å²) in [5, 5.41) is 8.75. The van der Waals surface area contributed by atoms with Gasteiger partial charge in [0.15, 0.2) is 5.69 Å². The van der Waals surface area contributed by atoms with Crippen LogP contribution < -0.4 is 4.74 Å². The van der Waals surface area contributed by atoms with Crippen LogP contribution in [0.2, 0.25) is 5.02 Å². The highest BCUT2D eigenvalue weighted by Crippen LogP contribution is 2.44. The number of piperidine rings is 1. The quantitative estimate of drug-likeness (QED) is 0.637. The van der Waals surface area contributed by atoms with E-state index in [4.69, 9.17) is 19.1 Å². The summed E-state index contributed by atoms with van der Waals surface area (Å²) in [6.45, 7) is 3.69. The Labute approximate surface area is 181 Å². The molecule has 0 aromatic carbocycles. The van der Waals surface area contributed by atoms with Crippen LogP contribution in [0, 0.1) is 12.8 Å². The van der Waals surface area contributed by atoms with Crippen molar-refractivity contribution >= 4 is 17.5 Å². The number of aromatic nitrogens is 5. The highest BCUT2D eigenvalue weighted by molar-refractivity contribution is 6.30. The second-order valence-electron chi connectivity index (χ2n) is 7.52. The molecule has 1 saturated heterocycles. The second-order valence-corrected chi connectivity index (χ2v) is 7.96. The van der Waals surface area contributed by atoms with Gasteiger partial charge in [0.1, 0.15) is 11.8 Å². The van der Waals surface area contributed by atoms with Gasteiger partial charge in [0.25, 0.3) is 5.91 Å².